The molecule has 2 atom stereocenters. The first kappa shape index (κ1) is 116. The minimum Gasteiger partial charge on any atom is -0.462 e. The van der Waals surface area contributed by atoms with E-state index >= 15 is 0 Å². The number of rotatable bonds is 94. The Morgan fingerprint density at radius 1 is 0.242 bits per heavy atom. The second-order valence-electron chi connectivity index (χ2n) is 36.2. The maximum atomic E-state index is 14.0. The van der Waals surface area contributed by atoms with Crippen LogP contribution in [0.15, 0.2) is 0 Å². The zero-order valence-electron chi connectivity index (χ0n) is 80.9. The fraction of sp³-hybridized carbons (Fsp3) is 0.931. The zero-order chi connectivity index (χ0) is 87.9. The van der Waals surface area contributed by atoms with Gasteiger partial charge in [-0.25, -0.2) is 0 Å². The smallest absolute Gasteiger partial charge is 0.306 e. The number of nitrogens with one attached hydrogen (secondary N) is 3. The molecule has 3 N–H and O–H groups in total. The lowest BCUT2D eigenvalue weighted by Crippen LogP contribution is -2.46. The van der Waals surface area contributed by atoms with Crippen LogP contribution in [0.3, 0.4) is 0 Å². The number of hydrogen-bond acceptors (Lipinski definition) is 14. The van der Waals surface area contributed by atoms with Crippen molar-refractivity contribution < 1.29 is 47.7 Å². The van der Waals surface area contributed by atoms with Crippen molar-refractivity contribution in [1.82, 2.24) is 35.6 Å². The molecular weight excluding hydrogens is 1520 g/mol. The molecule has 0 aromatic carbocycles. The predicted molar refractivity (Wildman–Crippen MR) is 513 cm³/mol. The van der Waals surface area contributed by atoms with Crippen LogP contribution in [0.2, 0.25) is 0 Å². The van der Waals surface area contributed by atoms with Crippen LogP contribution >= 0.6 is 12.2 Å². The van der Waals surface area contributed by atoms with Gasteiger partial charge in [0.25, 0.3) is 0 Å². The first-order valence-corrected chi connectivity index (χ1v) is 52.4. The lowest BCUT2D eigenvalue weighted by Gasteiger charge is -2.25. The molecular formula is C102H199N7O10S. The first-order valence-electron chi connectivity index (χ1n) is 52.0. The highest BCUT2D eigenvalue weighted by molar-refractivity contribution is 7.80. The van der Waals surface area contributed by atoms with Crippen LogP contribution in [0.1, 0.15) is 498 Å². The number of nitrogens with zero attached hydrogens (tertiary/aromatic N) is 4. The lowest BCUT2D eigenvalue weighted by molar-refractivity contribution is -0.151. The number of carbonyl (C=O) groups excluding carboxylic acids is 6. The summed E-state index contributed by atoms with van der Waals surface area (Å²) in [6.45, 7) is 25.0. The molecule has 0 bridgehead atoms. The fourth-order valence-electron chi connectivity index (χ4n) is 16.4. The molecule has 18 heteroatoms. The quantitative estimate of drug-likeness (QED) is 0.0226. The Bertz CT molecular complexity index is 2130. The van der Waals surface area contributed by atoms with E-state index in [1.807, 2.05) is 23.9 Å². The van der Waals surface area contributed by atoms with Crippen LogP contribution in [0.25, 0.3) is 0 Å². The maximum absolute atomic E-state index is 14.0. The molecule has 0 aliphatic rings. The summed E-state index contributed by atoms with van der Waals surface area (Å²) in [7, 11) is 3.83. The van der Waals surface area contributed by atoms with Crippen LogP contribution in [-0.2, 0) is 47.7 Å². The van der Waals surface area contributed by atoms with Gasteiger partial charge in [-0.3, -0.25) is 33.7 Å². The summed E-state index contributed by atoms with van der Waals surface area (Å²) >= 11 is 5.54. The average molecular weight is 1720 g/mol. The first-order chi connectivity index (χ1) is 58.6. The molecule has 0 spiro atoms. The van der Waals surface area contributed by atoms with Gasteiger partial charge in [0.05, 0.1) is 13.1 Å². The number of thiocarbonyl (C=S) groups is 1. The standard InChI is InChI=1S/C102H199N7O10S/c1-11-19-25-31-37-39-47-55-70-92(17-7)116-98(112)78-63-53-67-85-107(83-65-51-41-49-61-76-100(114)118-94(72-57-43-33-27-21-13-3)73-58-44-34-28-22-14-4)88-81-103-96(110)90-109(87-69-80-105-102(120)106(9)10)91-97(111)104-82-89-108(86-68-54-64-79-99(113)117-93(18-8)71-56-48-40-38-32-26-20-12-2)84-66-52-42-50-62-77-101(115)119-95(74-59-45-35-29-23-15-5)75-60-46-36-30-24-16-6/h92-95H,11-91H2,1-10H3,(H,103,110)(H,104,111)(H,105,120). The van der Waals surface area contributed by atoms with Crippen LogP contribution in [0.5, 0.6) is 0 Å². The van der Waals surface area contributed by atoms with E-state index in [-0.39, 0.29) is 73.2 Å². The summed E-state index contributed by atoms with van der Waals surface area (Å²) in [4.78, 5) is 89.5. The molecule has 708 valence electrons. The van der Waals surface area contributed by atoms with Crippen molar-refractivity contribution in [3.8, 4) is 0 Å². The van der Waals surface area contributed by atoms with Crippen LogP contribution in [-0.4, -0.2) is 177 Å². The summed E-state index contributed by atoms with van der Waals surface area (Å²) in [6, 6.07) is 0. The average Bonchev–Trinajstić information content (AvgIpc) is 0.934. The number of ether oxygens (including phenoxy) is 4. The van der Waals surface area contributed by atoms with Crippen molar-refractivity contribution in [3.05, 3.63) is 0 Å². The summed E-state index contributed by atoms with van der Waals surface area (Å²) in [6.07, 6.45) is 75.5. The highest BCUT2D eigenvalue weighted by atomic mass is 32.1. The van der Waals surface area contributed by atoms with Crippen molar-refractivity contribution in [1.29, 1.82) is 0 Å². The second kappa shape index (κ2) is 90.2. The molecule has 0 aliphatic heterocycles. The Morgan fingerprint density at radius 2 is 0.458 bits per heavy atom. The van der Waals surface area contributed by atoms with Gasteiger partial charge >= 0.3 is 23.9 Å². The third kappa shape index (κ3) is 80.2. The molecule has 0 heterocycles. The maximum Gasteiger partial charge on any atom is 0.306 e. The Labute approximate surface area is 747 Å². The second-order valence-corrected chi connectivity index (χ2v) is 36.6. The van der Waals surface area contributed by atoms with Crippen LogP contribution < -0.4 is 16.0 Å². The van der Waals surface area contributed by atoms with E-state index in [0.717, 1.165) is 219 Å². The van der Waals surface area contributed by atoms with E-state index in [2.05, 4.69) is 81.1 Å². The van der Waals surface area contributed by atoms with Gasteiger partial charge < -0.3 is 49.6 Å². The number of esters is 4. The summed E-state index contributed by atoms with van der Waals surface area (Å²) < 4.78 is 24.4. The van der Waals surface area contributed by atoms with Gasteiger partial charge in [-0.15, -0.1) is 0 Å². The summed E-state index contributed by atoms with van der Waals surface area (Å²) in [5.41, 5.74) is 0. The topological polar surface area (TPSA) is 188 Å². The van der Waals surface area contributed by atoms with Gasteiger partial charge in [-0.2, -0.15) is 0 Å². The van der Waals surface area contributed by atoms with Gasteiger partial charge in [0, 0.05) is 79.0 Å². The number of amides is 2. The zero-order valence-corrected chi connectivity index (χ0v) is 81.7. The van der Waals surface area contributed by atoms with Gasteiger partial charge in [0.2, 0.25) is 11.8 Å². The highest BCUT2D eigenvalue weighted by Gasteiger charge is 2.21. The minimum atomic E-state index is -0.116. The molecule has 2 amide bonds. The largest absolute Gasteiger partial charge is 0.462 e. The number of hydrogen-bond donors (Lipinski definition) is 3. The minimum absolute atomic E-state index is 0.00231. The van der Waals surface area contributed by atoms with Crippen molar-refractivity contribution in [2.75, 3.05) is 92.6 Å². The Hall–Kier alpha value is -3.61. The molecule has 0 fully saturated rings. The highest BCUT2D eigenvalue weighted by Crippen LogP contribution is 2.23. The van der Waals surface area contributed by atoms with E-state index in [0.29, 0.717) is 76.5 Å². The molecule has 0 saturated carbocycles. The molecule has 17 nitrogen and oxygen atoms in total. The summed E-state index contributed by atoms with van der Waals surface area (Å²) in [5.74, 6) is -0.457. The van der Waals surface area contributed by atoms with Gasteiger partial charge in [-0.1, -0.05) is 325 Å². The fourth-order valence-corrected chi connectivity index (χ4v) is 16.5. The Morgan fingerprint density at radius 3 is 0.717 bits per heavy atom. The molecule has 0 rings (SSSR count). The van der Waals surface area contributed by atoms with Gasteiger partial charge in [-0.05, 0) is 186 Å². The Kier molecular flexibility index (Phi) is 87.5. The van der Waals surface area contributed by atoms with Crippen molar-refractivity contribution in [3.63, 3.8) is 0 Å². The molecule has 0 aromatic heterocycles. The molecule has 0 aliphatic carbocycles. The van der Waals surface area contributed by atoms with Crippen LogP contribution in [0.4, 0.5) is 0 Å². The lowest BCUT2D eigenvalue weighted by atomic mass is 10.0. The van der Waals surface area contributed by atoms with E-state index in [4.69, 9.17) is 31.2 Å². The number of carbonyl (C=O) groups is 6. The van der Waals surface area contributed by atoms with E-state index < -0.39 is 0 Å². The molecule has 0 radical (unpaired) electrons. The SMILES string of the molecule is CCCCCCCCCCC(CC)OC(=O)CCCCCN(CCCCCCCC(=O)OC(CCCCCCCC)CCCCCCCC)CCNC(=O)CN(CCCNC(=S)N(C)C)CC(=O)NCCN(CCCCCCCC(=O)OC(CCCCCCCC)CCCCCCCC)CCCCCC(=O)OC(CC)CCCCCCCCCC. The van der Waals surface area contributed by atoms with E-state index in [9.17, 15) is 28.8 Å². The molecule has 0 aromatic rings. The Balaban J connectivity index is 6.09. The third-order valence-corrected chi connectivity index (χ3v) is 24.9. The number of unbranched alkanes of at least 4 members (excludes halogenated alkanes) is 46. The summed E-state index contributed by atoms with van der Waals surface area (Å²) in [5, 5.41) is 10.4. The third-order valence-electron chi connectivity index (χ3n) is 24.4. The van der Waals surface area contributed by atoms with Crippen molar-refractivity contribution >= 4 is 53.0 Å². The monoisotopic (exact) mass is 1710 g/mol. The van der Waals surface area contributed by atoms with Crippen molar-refractivity contribution in [2.24, 2.45) is 0 Å². The molecule has 120 heavy (non-hydrogen) atoms. The normalized spacial score (nSPS) is 12.2. The van der Waals surface area contributed by atoms with Gasteiger partial charge in [0.15, 0.2) is 5.11 Å². The van der Waals surface area contributed by atoms with Crippen molar-refractivity contribution in [2.45, 2.75) is 523 Å². The van der Waals surface area contributed by atoms with E-state index in [1.165, 1.54) is 218 Å². The van der Waals surface area contributed by atoms with Gasteiger partial charge in [0.1, 0.15) is 24.4 Å². The molecule has 2 unspecified atom stereocenters. The van der Waals surface area contributed by atoms with Crippen LogP contribution in [0, 0.1) is 0 Å². The predicted octanol–water partition coefficient (Wildman–Crippen LogP) is 26.3. The molecule has 0 saturated heterocycles. The van der Waals surface area contributed by atoms with E-state index in [1.54, 1.807) is 0 Å².